The molecule has 0 radical (unpaired) electrons. The summed E-state index contributed by atoms with van der Waals surface area (Å²) in [5.74, 6) is 1.08. The molecule has 2 saturated heterocycles. The lowest BCUT2D eigenvalue weighted by Crippen LogP contribution is -2.36. The van der Waals surface area contributed by atoms with Gasteiger partial charge in [0.15, 0.2) is 0 Å². The first-order valence-corrected chi connectivity index (χ1v) is 10.2. The van der Waals surface area contributed by atoms with Gasteiger partial charge >= 0.3 is 6.03 Å². The Kier molecular flexibility index (Phi) is 8.53. The fourth-order valence-electron chi connectivity index (χ4n) is 3.55. The number of carbonyl (C=O) groups excluding carboxylic acids is 1. The molecule has 2 aliphatic rings. The molecule has 2 amide bonds. The maximum atomic E-state index is 11.3. The van der Waals surface area contributed by atoms with Crippen LogP contribution < -0.4 is 16.4 Å². The molecule has 0 saturated carbocycles. The molecule has 0 spiro atoms. The zero-order valence-corrected chi connectivity index (χ0v) is 14.6. The van der Waals surface area contributed by atoms with Crippen molar-refractivity contribution in [2.45, 2.75) is 81.3 Å². The Morgan fingerprint density at radius 1 is 1.05 bits per heavy atom. The van der Waals surface area contributed by atoms with Crippen LogP contribution in [0.3, 0.4) is 0 Å². The van der Waals surface area contributed by atoms with Crippen LogP contribution in [0.2, 0.25) is 12.6 Å². The second-order valence-electron chi connectivity index (χ2n) is 6.73. The van der Waals surface area contributed by atoms with Gasteiger partial charge in [0, 0.05) is 11.0 Å². The molecule has 0 bridgehead atoms. The second kappa shape index (κ2) is 10.4. The van der Waals surface area contributed by atoms with E-state index in [4.69, 9.17) is 5.73 Å². The Balaban J connectivity index is 1.38. The van der Waals surface area contributed by atoms with Gasteiger partial charge in [-0.25, -0.2) is 4.79 Å². The molecule has 0 aliphatic carbocycles. The molecule has 0 aromatic rings. The van der Waals surface area contributed by atoms with Crippen LogP contribution in [0.4, 0.5) is 4.79 Å². The minimum absolute atomic E-state index is 0.0340. The summed E-state index contributed by atoms with van der Waals surface area (Å²) in [5.41, 5.74) is 5.49. The predicted octanol–water partition coefficient (Wildman–Crippen LogP) is 2.50. The van der Waals surface area contributed by atoms with Gasteiger partial charge < -0.3 is 16.4 Å². The third-order valence-electron chi connectivity index (χ3n) is 4.88. The predicted molar refractivity (Wildman–Crippen MR) is 98.2 cm³/mol. The molecule has 2 aliphatic heterocycles. The van der Waals surface area contributed by atoms with Crippen molar-refractivity contribution >= 4 is 25.1 Å². The third kappa shape index (κ3) is 6.03. The summed E-state index contributed by atoms with van der Waals surface area (Å²) < 4.78 is 0. The number of rotatable bonds is 12. The highest BCUT2D eigenvalue weighted by Gasteiger charge is 2.42. The summed E-state index contributed by atoms with van der Waals surface area (Å²) in [6.45, 7) is 0.848. The van der Waals surface area contributed by atoms with Gasteiger partial charge in [0.05, 0.1) is 12.1 Å². The van der Waals surface area contributed by atoms with Crippen molar-refractivity contribution in [1.82, 2.24) is 10.6 Å². The van der Waals surface area contributed by atoms with E-state index in [1.807, 2.05) is 11.8 Å². The smallest absolute Gasteiger partial charge is 0.315 e. The van der Waals surface area contributed by atoms with Gasteiger partial charge in [0.2, 0.25) is 0 Å². The number of amides is 2. The number of nitrogens with one attached hydrogen (secondary N) is 2. The lowest BCUT2D eigenvalue weighted by Gasteiger charge is -2.16. The number of carbonyl (C=O) groups is 1. The number of urea groups is 1. The zero-order valence-electron chi connectivity index (χ0n) is 13.8. The van der Waals surface area contributed by atoms with Crippen molar-refractivity contribution in [3.05, 3.63) is 0 Å². The van der Waals surface area contributed by atoms with Gasteiger partial charge in [0.25, 0.3) is 0 Å². The van der Waals surface area contributed by atoms with Crippen molar-refractivity contribution in [3.63, 3.8) is 0 Å². The molecule has 126 valence electrons. The van der Waals surface area contributed by atoms with E-state index in [0.29, 0.717) is 17.3 Å². The van der Waals surface area contributed by atoms with E-state index >= 15 is 0 Å². The first-order chi connectivity index (χ1) is 10.8. The molecule has 2 fully saturated rings. The standard InChI is InChI=1S/C16H32BN3OS/c18-11-7-2-1-5-9-17-10-6-3-4-8-14-15-13(12-22-14)19-16(21)20-15/h13-15,17H,1-12,18H2,(H2,19,20,21)/t13-,14-,15-/m0/s1. The van der Waals surface area contributed by atoms with Crippen molar-refractivity contribution in [1.29, 1.82) is 0 Å². The fraction of sp³-hybridized carbons (Fsp3) is 0.938. The zero-order chi connectivity index (χ0) is 15.6. The molecule has 0 aromatic carbocycles. The van der Waals surface area contributed by atoms with E-state index in [1.165, 1.54) is 71.3 Å². The Morgan fingerprint density at radius 3 is 2.55 bits per heavy atom. The van der Waals surface area contributed by atoms with Gasteiger partial charge in [-0.15, -0.1) is 0 Å². The lowest BCUT2D eigenvalue weighted by atomic mass is 9.68. The first-order valence-electron chi connectivity index (χ1n) is 9.20. The van der Waals surface area contributed by atoms with Gasteiger partial charge in [-0.2, -0.15) is 11.8 Å². The average molecular weight is 325 g/mol. The van der Waals surface area contributed by atoms with E-state index in [2.05, 4.69) is 10.6 Å². The largest absolute Gasteiger partial charge is 0.332 e. The number of hydrogen-bond donors (Lipinski definition) is 3. The van der Waals surface area contributed by atoms with Gasteiger partial charge in [-0.05, 0) is 19.4 Å². The lowest BCUT2D eigenvalue weighted by molar-refractivity contribution is 0.247. The molecular formula is C16H32BN3OS. The fourth-order valence-corrected chi connectivity index (χ4v) is 5.09. The van der Waals surface area contributed by atoms with Crippen LogP contribution in [0.5, 0.6) is 0 Å². The molecule has 4 N–H and O–H groups in total. The van der Waals surface area contributed by atoms with Gasteiger partial charge in [0.1, 0.15) is 7.28 Å². The van der Waals surface area contributed by atoms with Crippen molar-refractivity contribution < 1.29 is 4.79 Å². The Morgan fingerprint density at radius 2 is 1.77 bits per heavy atom. The second-order valence-corrected chi connectivity index (χ2v) is 8.01. The summed E-state index contributed by atoms with van der Waals surface area (Å²) in [6, 6.07) is 0.791. The van der Waals surface area contributed by atoms with Crippen LogP contribution in [0.15, 0.2) is 0 Å². The Bertz CT molecular complexity index is 333. The molecule has 0 aromatic heterocycles. The molecular weight excluding hydrogens is 293 g/mol. The topological polar surface area (TPSA) is 67.1 Å². The maximum absolute atomic E-state index is 11.3. The summed E-state index contributed by atoms with van der Waals surface area (Å²) in [4.78, 5) is 11.3. The molecule has 3 atom stereocenters. The number of thioether (sulfide) groups is 1. The van der Waals surface area contributed by atoms with Crippen LogP contribution >= 0.6 is 11.8 Å². The van der Waals surface area contributed by atoms with Crippen LogP contribution in [0.1, 0.15) is 51.4 Å². The number of hydrogen-bond acceptors (Lipinski definition) is 3. The minimum atomic E-state index is 0.0340. The Labute approximate surface area is 140 Å². The summed E-state index contributed by atoms with van der Waals surface area (Å²) in [6.07, 6.45) is 13.3. The highest BCUT2D eigenvalue weighted by Crippen LogP contribution is 2.33. The van der Waals surface area contributed by atoms with E-state index in [0.717, 1.165) is 12.3 Å². The molecule has 4 nitrogen and oxygen atoms in total. The van der Waals surface area contributed by atoms with Crippen LogP contribution in [0.25, 0.3) is 0 Å². The SMILES string of the molecule is NCCCCCCBCCCCC[C@@H]1SC[C@@H]2NC(=O)N[C@@H]21. The highest BCUT2D eigenvalue weighted by molar-refractivity contribution is 8.00. The van der Waals surface area contributed by atoms with Gasteiger partial charge in [-0.1, -0.05) is 51.2 Å². The quantitative estimate of drug-likeness (QED) is 0.293. The third-order valence-corrected chi connectivity index (χ3v) is 6.39. The first kappa shape index (κ1) is 18.0. The summed E-state index contributed by atoms with van der Waals surface area (Å²) in [5, 5.41) is 6.72. The normalized spacial score (nSPS) is 26.6. The maximum Gasteiger partial charge on any atom is 0.315 e. The monoisotopic (exact) mass is 325 g/mol. The minimum Gasteiger partial charge on any atom is -0.332 e. The van der Waals surface area contributed by atoms with E-state index in [-0.39, 0.29) is 6.03 Å². The average Bonchev–Trinajstić information content (AvgIpc) is 3.04. The van der Waals surface area contributed by atoms with Crippen LogP contribution in [-0.4, -0.2) is 42.9 Å². The number of fused-ring (bicyclic) bond motifs is 1. The van der Waals surface area contributed by atoms with Crippen molar-refractivity contribution in [3.8, 4) is 0 Å². The van der Waals surface area contributed by atoms with E-state index < -0.39 is 0 Å². The van der Waals surface area contributed by atoms with Crippen LogP contribution in [0, 0.1) is 0 Å². The van der Waals surface area contributed by atoms with Gasteiger partial charge in [-0.3, -0.25) is 0 Å². The number of nitrogens with two attached hydrogens (primary N) is 1. The van der Waals surface area contributed by atoms with Crippen molar-refractivity contribution in [2.24, 2.45) is 5.73 Å². The molecule has 2 heterocycles. The number of unbranched alkanes of at least 4 members (excludes halogenated alkanes) is 5. The summed E-state index contributed by atoms with van der Waals surface area (Å²) >= 11 is 2.03. The van der Waals surface area contributed by atoms with E-state index in [9.17, 15) is 4.79 Å². The Hall–Kier alpha value is -0.355. The molecule has 0 unspecified atom stereocenters. The molecule has 22 heavy (non-hydrogen) atoms. The van der Waals surface area contributed by atoms with Crippen molar-refractivity contribution in [2.75, 3.05) is 12.3 Å². The van der Waals surface area contributed by atoms with E-state index in [1.54, 1.807) is 0 Å². The summed E-state index contributed by atoms with van der Waals surface area (Å²) in [7, 11) is 1.39. The highest BCUT2D eigenvalue weighted by atomic mass is 32.2. The molecule has 6 heteroatoms. The molecule has 2 rings (SSSR count). The van der Waals surface area contributed by atoms with Crippen LogP contribution in [-0.2, 0) is 0 Å².